The summed E-state index contributed by atoms with van der Waals surface area (Å²) in [5.74, 6) is 0. The van der Waals surface area contributed by atoms with E-state index in [4.69, 9.17) is 0 Å². The molecule has 2 heteroatoms. The maximum Gasteiger partial charge on any atom is 0.0581 e. The van der Waals surface area contributed by atoms with Crippen molar-refractivity contribution in [3.63, 3.8) is 0 Å². The Balaban J connectivity index is 1.37. The molecule has 0 N–H and O–H groups in total. The van der Waals surface area contributed by atoms with Crippen molar-refractivity contribution in [2.45, 2.75) is 38.5 Å². The van der Waals surface area contributed by atoms with Crippen LogP contribution in [0.15, 0.2) is 146 Å². The number of hydrogen-bond acceptors (Lipinski definition) is 2. The molecule has 9 rings (SSSR count). The smallest absolute Gasteiger partial charge is 0.0581 e. The van der Waals surface area contributed by atoms with E-state index in [0.29, 0.717) is 0 Å². The molecule has 0 unspecified atom stereocenters. The second kappa shape index (κ2) is 9.58. The molecule has 0 saturated carbocycles. The van der Waals surface area contributed by atoms with E-state index in [1.807, 2.05) is 0 Å². The Kier molecular flexibility index (Phi) is 5.63. The summed E-state index contributed by atoms with van der Waals surface area (Å²) in [5.41, 5.74) is 12.5. The molecule has 2 nitrogen and oxygen atoms in total. The van der Waals surface area contributed by atoms with Crippen LogP contribution in [0.25, 0.3) is 21.5 Å². The van der Waals surface area contributed by atoms with Crippen LogP contribution < -0.4 is 9.80 Å². The van der Waals surface area contributed by atoms with E-state index < -0.39 is 0 Å². The molecule has 2 aliphatic heterocycles. The molecule has 46 heavy (non-hydrogen) atoms. The number of fused-ring (bicyclic) bond motifs is 8. The van der Waals surface area contributed by atoms with Gasteiger partial charge in [-0.25, -0.2) is 0 Å². The van der Waals surface area contributed by atoms with E-state index >= 15 is 0 Å². The lowest BCUT2D eigenvalue weighted by Gasteiger charge is -2.43. The predicted octanol–water partition coefficient (Wildman–Crippen LogP) is 12.2. The Hall–Kier alpha value is -5.34. The molecule has 2 heterocycles. The van der Waals surface area contributed by atoms with Crippen LogP contribution in [0.2, 0.25) is 0 Å². The summed E-state index contributed by atoms with van der Waals surface area (Å²) in [6, 6.07) is 53.8. The van der Waals surface area contributed by atoms with Crippen molar-refractivity contribution in [2.24, 2.45) is 0 Å². The van der Waals surface area contributed by atoms with Crippen molar-refractivity contribution in [1.82, 2.24) is 0 Å². The SMILES string of the molecule is CC1(C)c2ccccc2N(c2ccccc2)c2c1ccc1cc3c4c(ccc3cc21)C(C)(C)c1ccccc1N4c1ccccc1. The zero-order valence-corrected chi connectivity index (χ0v) is 26.8. The minimum atomic E-state index is -0.145. The van der Waals surface area contributed by atoms with Gasteiger partial charge in [-0.3, -0.25) is 0 Å². The van der Waals surface area contributed by atoms with Crippen molar-refractivity contribution in [3.8, 4) is 0 Å². The molecule has 0 aliphatic carbocycles. The number of benzene rings is 7. The van der Waals surface area contributed by atoms with Crippen molar-refractivity contribution in [1.29, 1.82) is 0 Å². The highest BCUT2D eigenvalue weighted by molar-refractivity contribution is 6.13. The van der Waals surface area contributed by atoms with Gasteiger partial charge in [0.15, 0.2) is 0 Å². The first kappa shape index (κ1) is 27.0. The quantitative estimate of drug-likeness (QED) is 0.184. The summed E-state index contributed by atoms with van der Waals surface area (Å²) in [6.07, 6.45) is 0. The van der Waals surface area contributed by atoms with Crippen molar-refractivity contribution in [3.05, 3.63) is 168 Å². The van der Waals surface area contributed by atoms with Crippen LogP contribution in [0, 0.1) is 0 Å². The van der Waals surface area contributed by atoms with Gasteiger partial charge in [-0.15, -0.1) is 0 Å². The van der Waals surface area contributed by atoms with Gasteiger partial charge in [0.1, 0.15) is 0 Å². The summed E-state index contributed by atoms with van der Waals surface area (Å²) < 4.78 is 0. The van der Waals surface area contributed by atoms with Crippen LogP contribution in [-0.4, -0.2) is 0 Å². The van der Waals surface area contributed by atoms with Gasteiger partial charge in [-0.2, -0.15) is 0 Å². The third-order valence-corrected chi connectivity index (χ3v) is 10.6. The standard InChI is InChI=1S/C44H36N2/c1-43(2)35-19-11-13-21-39(35)45(31-15-7-5-8-16-31)41-33-27-30-24-26-38-42(34(30)28-29(33)23-25-37(41)43)46(32-17-9-6-10-18-32)40-22-14-12-20-36(40)44(38,3)4/h5-28H,1-4H3. The van der Waals surface area contributed by atoms with Gasteiger partial charge in [-0.1, -0.05) is 125 Å². The number of nitrogens with zero attached hydrogens (tertiary/aromatic N) is 2. The van der Waals surface area contributed by atoms with Crippen LogP contribution in [0.5, 0.6) is 0 Å². The van der Waals surface area contributed by atoms with E-state index in [2.05, 4.69) is 183 Å². The minimum Gasteiger partial charge on any atom is -0.309 e. The molecule has 222 valence electrons. The van der Waals surface area contributed by atoms with Crippen molar-refractivity contribution < 1.29 is 0 Å². The average molecular weight is 593 g/mol. The second-order valence-electron chi connectivity index (χ2n) is 13.8. The van der Waals surface area contributed by atoms with Gasteiger partial charge < -0.3 is 9.80 Å². The fourth-order valence-electron chi connectivity index (χ4n) is 8.22. The molecule has 0 atom stereocenters. The zero-order chi connectivity index (χ0) is 31.2. The molecule has 0 fully saturated rings. The molecule has 2 aliphatic rings. The maximum atomic E-state index is 2.48. The van der Waals surface area contributed by atoms with Crippen LogP contribution in [0.1, 0.15) is 49.9 Å². The molecule has 0 spiro atoms. The molecule has 0 radical (unpaired) electrons. The Bertz CT molecular complexity index is 2150. The maximum absolute atomic E-state index is 2.48. The first-order valence-corrected chi connectivity index (χ1v) is 16.3. The predicted molar refractivity (Wildman–Crippen MR) is 195 cm³/mol. The first-order chi connectivity index (χ1) is 22.4. The van der Waals surface area contributed by atoms with E-state index in [1.54, 1.807) is 0 Å². The number of hydrogen-bond donors (Lipinski definition) is 0. The molecular formula is C44H36N2. The normalized spacial score (nSPS) is 15.7. The zero-order valence-electron chi connectivity index (χ0n) is 26.8. The van der Waals surface area contributed by atoms with E-state index in [1.165, 1.54) is 77.9 Å². The van der Waals surface area contributed by atoms with Crippen LogP contribution >= 0.6 is 0 Å². The largest absolute Gasteiger partial charge is 0.309 e. The number of anilines is 6. The van der Waals surface area contributed by atoms with Crippen molar-refractivity contribution >= 4 is 55.7 Å². The van der Waals surface area contributed by atoms with Crippen molar-refractivity contribution in [2.75, 3.05) is 9.80 Å². The van der Waals surface area contributed by atoms with Gasteiger partial charge in [0, 0.05) is 33.0 Å². The summed E-state index contributed by atoms with van der Waals surface area (Å²) in [6.45, 7) is 9.47. The highest BCUT2D eigenvalue weighted by Crippen LogP contribution is 2.57. The van der Waals surface area contributed by atoms with Gasteiger partial charge in [-0.05, 0) is 81.6 Å². The lowest BCUT2D eigenvalue weighted by Crippen LogP contribution is -2.31. The highest BCUT2D eigenvalue weighted by atomic mass is 15.2. The Labute approximate surface area is 271 Å². The third-order valence-electron chi connectivity index (χ3n) is 10.6. The molecule has 7 aromatic carbocycles. The van der Waals surface area contributed by atoms with Gasteiger partial charge in [0.05, 0.1) is 22.7 Å². The second-order valence-corrected chi connectivity index (χ2v) is 13.8. The fraction of sp³-hybridized carbons (Fsp3) is 0.136. The van der Waals surface area contributed by atoms with Gasteiger partial charge in [0.25, 0.3) is 0 Å². The Morgan fingerprint density at radius 2 is 0.739 bits per heavy atom. The van der Waals surface area contributed by atoms with Gasteiger partial charge >= 0.3 is 0 Å². The Morgan fingerprint density at radius 3 is 1.15 bits per heavy atom. The van der Waals surface area contributed by atoms with Gasteiger partial charge in [0.2, 0.25) is 0 Å². The molecule has 0 saturated heterocycles. The summed E-state index contributed by atoms with van der Waals surface area (Å²) >= 11 is 0. The third kappa shape index (κ3) is 3.64. The van der Waals surface area contributed by atoms with E-state index in [0.717, 1.165) is 0 Å². The van der Waals surface area contributed by atoms with E-state index in [9.17, 15) is 0 Å². The minimum absolute atomic E-state index is 0.145. The molecule has 0 bridgehead atoms. The Morgan fingerprint density at radius 1 is 0.370 bits per heavy atom. The van der Waals surface area contributed by atoms with Crippen LogP contribution in [0.3, 0.4) is 0 Å². The molecular weight excluding hydrogens is 556 g/mol. The van der Waals surface area contributed by atoms with E-state index in [-0.39, 0.29) is 10.8 Å². The fourth-order valence-corrected chi connectivity index (χ4v) is 8.22. The average Bonchev–Trinajstić information content (AvgIpc) is 3.08. The van der Waals surface area contributed by atoms with Crippen LogP contribution in [0.4, 0.5) is 34.1 Å². The lowest BCUT2D eigenvalue weighted by atomic mass is 9.71. The summed E-state index contributed by atoms with van der Waals surface area (Å²) in [7, 11) is 0. The molecule has 7 aromatic rings. The summed E-state index contributed by atoms with van der Waals surface area (Å²) in [5, 5.41) is 5.05. The van der Waals surface area contributed by atoms with Crippen LogP contribution in [-0.2, 0) is 10.8 Å². The number of rotatable bonds is 2. The summed E-state index contributed by atoms with van der Waals surface area (Å²) in [4.78, 5) is 4.97. The monoisotopic (exact) mass is 592 g/mol. The number of para-hydroxylation sites is 4. The molecule has 0 aromatic heterocycles. The highest BCUT2D eigenvalue weighted by Gasteiger charge is 2.40. The lowest BCUT2D eigenvalue weighted by molar-refractivity contribution is 0.633. The first-order valence-electron chi connectivity index (χ1n) is 16.3. The topological polar surface area (TPSA) is 6.48 Å². The molecule has 0 amide bonds.